The van der Waals surface area contributed by atoms with Crippen molar-refractivity contribution in [2.75, 3.05) is 13.7 Å². The summed E-state index contributed by atoms with van der Waals surface area (Å²) in [5.41, 5.74) is -0.290. The standard InChI is InChI=1S/C14H17Cl4NO6/c1-6(2)9(12(21)23-4)19-10(15)8(11(19)20)7(3)25-13(22)24-5-14(16,17)18/h7-8,10H,5H2,1-4H3/t7?,8-,10-/m0/s1. The second-order valence-corrected chi connectivity index (χ2v) is 8.39. The lowest BCUT2D eigenvalue weighted by Crippen LogP contribution is -2.62. The number of alkyl halides is 4. The van der Waals surface area contributed by atoms with E-state index in [2.05, 4.69) is 9.47 Å². The number of β-lactam (4-membered cyclic amide) rings is 1. The van der Waals surface area contributed by atoms with E-state index in [1.807, 2.05) is 0 Å². The van der Waals surface area contributed by atoms with Gasteiger partial charge >= 0.3 is 12.1 Å². The average molecular weight is 437 g/mol. The van der Waals surface area contributed by atoms with Crippen molar-refractivity contribution in [3.05, 3.63) is 11.3 Å². The number of ether oxygens (including phenoxy) is 3. The van der Waals surface area contributed by atoms with E-state index in [9.17, 15) is 14.4 Å². The van der Waals surface area contributed by atoms with Gasteiger partial charge in [0, 0.05) is 0 Å². The number of carbonyl (C=O) groups excluding carboxylic acids is 3. The fourth-order valence-corrected chi connectivity index (χ4v) is 2.85. The van der Waals surface area contributed by atoms with Crippen molar-refractivity contribution in [2.24, 2.45) is 5.92 Å². The lowest BCUT2D eigenvalue weighted by molar-refractivity contribution is -0.159. The molecule has 1 rings (SSSR count). The third-order valence-corrected chi connectivity index (χ3v) is 4.09. The molecule has 0 aromatic rings. The highest BCUT2D eigenvalue weighted by Gasteiger charge is 2.53. The Morgan fingerprint density at radius 2 is 1.84 bits per heavy atom. The summed E-state index contributed by atoms with van der Waals surface area (Å²) in [5, 5.41) is 0. The van der Waals surface area contributed by atoms with Crippen LogP contribution in [0.15, 0.2) is 11.3 Å². The molecule has 1 aliphatic rings. The molecule has 142 valence electrons. The normalized spacial score (nSPS) is 21.1. The minimum Gasteiger partial charge on any atom is -0.464 e. The topological polar surface area (TPSA) is 82.1 Å². The Balaban J connectivity index is 2.74. The quantitative estimate of drug-likeness (QED) is 0.216. The van der Waals surface area contributed by atoms with Crippen molar-refractivity contribution in [3.8, 4) is 0 Å². The molecule has 0 spiro atoms. The Morgan fingerprint density at radius 3 is 2.24 bits per heavy atom. The predicted octanol–water partition coefficient (Wildman–Crippen LogP) is 3.39. The van der Waals surface area contributed by atoms with Crippen molar-refractivity contribution in [1.29, 1.82) is 0 Å². The largest absolute Gasteiger partial charge is 0.508 e. The van der Waals surface area contributed by atoms with Crippen LogP contribution in [-0.2, 0) is 23.8 Å². The molecule has 1 aliphatic heterocycles. The number of halogens is 4. The number of carbonyl (C=O) groups is 3. The molecule has 0 radical (unpaired) electrons. The van der Waals surface area contributed by atoms with Gasteiger partial charge < -0.3 is 14.2 Å². The van der Waals surface area contributed by atoms with Gasteiger partial charge in [0.15, 0.2) is 0 Å². The molecule has 7 nitrogen and oxygen atoms in total. The van der Waals surface area contributed by atoms with Gasteiger partial charge in [0.1, 0.15) is 29.8 Å². The molecule has 1 amide bonds. The molecule has 1 fully saturated rings. The molecule has 0 aliphatic carbocycles. The van der Waals surface area contributed by atoms with Gasteiger partial charge in [-0.05, 0) is 26.3 Å². The van der Waals surface area contributed by atoms with Crippen molar-refractivity contribution in [2.45, 2.75) is 36.2 Å². The molecular formula is C14H17Cl4NO6. The first-order chi connectivity index (χ1) is 11.4. The second-order valence-electron chi connectivity index (χ2n) is 5.42. The van der Waals surface area contributed by atoms with Gasteiger partial charge in [-0.2, -0.15) is 0 Å². The van der Waals surface area contributed by atoms with Gasteiger partial charge in [-0.1, -0.05) is 46.4 Å². The SMILES string of the molecule is COC(=O)C(=C(C)C)N1C(=O)[C@@H](C(C)OC(=O)OCC(Cl)(Cl)Cl)[C@H]1Cl. The Bertz CT molecular complexity index is 584. The zero-order valence-electron chi connectivity index (χ0n) is 13.8. The van der Waals surface area contributed by atoms with Crippen LogP contribution < -0.4 is 0 Å². The Morgan fingerprint density at radius 1 is 1.28 bits per heavy atom. The lowest BCUT2D eigenvalue weighted by atomic mass is 9.91. The molecule has 0 N–H and O–H groups in total. The minimum atomic E-state index is -1.78. The van der Waals surface area contributed by atoms with Crippen LogP contribution in [0, 0.1) is 5.92 Å². The predicted molar refractivity (Wildman–Crippen MR) is 92.6 cm³/mol. The summed E-state index contributed by atoms with van der Waals surface area (Å²) < 4.78 is 12.5. The molecular weight excluding hydrogens is 420 g/mol. The van der Waals surface area contributed by atoms with E-state index in [1.165, 1.54) is 14.0 Å². The molecule has 0 bridgehead atoms. The smallest absolute Gasteiger partial charge is 0.464 e. The third-order valence-electron chi connectivity index (χ3n) is 3.30. The van der Waals surface area contributed by atoms with Crippen LogP contribution in [0.4, 0.5) is 4.79 Å². The van der Waals surface area contributed by atoms with E-state index in [-0.39, 0.29) is 5.70 Å². The number of amides is 1. The lowest BCUT2D eigenvalue weighted by Gasteiger charge is -2.45. The zero-order chi connectivity index (χ0) is 19.5. The number of esters is 1. The first-order valence-corrected chi connectivity index (χ1v) is 8.60. The summed E-state index contributed by atoms with van der Waals surface area (Å²) in [7, 11) is 1.20. The summed E-state index contributed by atoms with van der Waals surface area (Å²) in [6.07, 6.45) is -2.02. The molecule has 3 atom stereocenters. The zero-order valence-corrected chi connectivity index (χ0v) is 16.9. The van der Waals surface area contributed by atoms with E-state index < -0.39 is 46.0 Å². The molecule has 1 heterocycles. The fourth-order valence-electron chi connectivity index (χ4n) is 2.18. The Kier molecular flexibility index (Phi) is 7.68. The highest BCUT2D eigenvalue weighted by Crippen LogP contribution is 2.38. The van der Waals surface area contributed by atoms with Crippen LogP contribution in [0.5, 0.6) is 0 Å². The van der Waals surface area contributed by atoms with Gasteiger partial charge in [0.25, 0.3) is 0 Å². The summed E-state index contributed by atoms with van der Waals surface area (Å²) in [5.74, 6) is -2.03. The van der Waals surface area contributed by atoms with Crippen molar-refractivity contribution >= 4 is 64.4 Å². The number of rotatable bonds is 5. The summed E-state index contributed by atoms with van der Waals surface area (Å²) >= 11 is 22.6. The molecule has 11 heteroatoms. The van der Waals surface area contributed by atoms with Gasteiger partial charge in [-0.3, -0.25) is 9.69 Å². The Hall–Kier alpha value is -0.890. The van der Waals surface area contributed by atoms with Crippen LogP contribution in [0.1, 0.15) is 20.8 Å². The molecule has 0 aromatic heterocycles. The monoisotopic (exact) mass is 435 g/mol. The van der Waals surface area contributed by atoms with Crippen LogP contribution in [0.3, 0.4) is 0 Å². The van der Waals surface area contributed by atoms with E-state index in [0.717, 1.165) is 4.90 Å². The van der Waals surface area contributed by atoms with Gasteiger partial charge in [-0.15, -0.1) is 0 Å². The molecule has 1 saturated heterocycles. The highest BCUT2D eigenvalue weighted by atomic mass is 35.6. The van der Waals surface area contributed by atoms with E-state index >= 15 is 0 Å². The van der Waals surface area contributed by atoms with Gasteiger partial charge in [-0.25, -0.2) is 9.59 Å². The van der Waals surface area contributed by atoms with Crippen molar-refractivity contribution in [1.82, 2.24) is 4.90 Å². The number of nitrogens with zero attached hydrogens (tertiary/aromatic N) is 1. The highest BCUT2D eigenvalue weighted by molar-refractivity contribution is 6.67. The van der Waals surface area contributed by atoms with E-state index in [1.54, 1.807) is 13.8 Å². The Labute approximate surface area is 165 Å². The number of hydrogen-bond acceptors (Lipinski definition) is 6. The summed E-state index contributed by atoms with van der Waals surface area (Å²) in [6, 6.07) is 0. The van der Waals surface area contributed by atoms with Crippen LogP contribution in [0.25, 0.3) is 0 Å². The van der Waals surface area contributed by atoms with Crippen LogP contribution >= 0.6 is 46.4 Å². The van der Waals surface area contributed by atoms with Crippen molar-refractivity contribution in [3.63, 3.8) is 0 Å². The van der Waals surface area contributed by atoms with Crippen molar-refractivity contribution < 1.29 is 28.6 Å². The fraction of sp³-hybridized carbons (Fsp3) is 0.643. The first kappa shape index (κ1) is 22.2. The first-order valence-electron chi connectivity index (χ1n) is 7.03. The van der Waals surface area contributed by atoms with Gasteiger partial charge in [0.05, 0.1) is 7.11 Å². The van der Waals surface area contributed by atoms with Gasteiger partial charge in [0.2, 0.25) is 9.70 Å². The number of hydrogen-bond donors (Lipinski definition) is 0. The van der Waals surface area contributed by atoms with Crippen LogP contribution in [-0.4, -0.2) is 52.0 Å². The number of likely N-dealkylation sites (tertiary alicyclic amines) is 1. The maximum absolute atomic E-state index is 12.4. The molecule has 0 aromatic carbocycles. The summed E-state index contributed by atoms with van der Waals surface area (Å²) in [4.78, 5) is 36.9. The number of allylic oxidation sites excluding steroid dienone is 1. The van der Waals surface area contributed by atoms with E-state index in [0.29, 0.717) is 5.57 Å². The van der Waals surface area contributed by atoms with Crippen LogP contribution in [0.2, 0.25) is 0 Å². The maximum atomic E-state index is 12.4. The minimum absolute atomic E-state index is 0.0507. The van der Waals surface area contributed by atoms with E-state index in [4.69, 9.17) is 51.1 Å². The molecule has 25 heavy (non-hydrogen) atoms. The average Bonchev–Trinajstić information content (AvgIpc) is 2.48. The molecule has 0 saturated carbocycles. The number of methoxy groups -OCH3 is 1. The third kappa shape index (κ3) is 5.54. The molecule has 1 unspecified atom stereocenters. The summed E-state index contributed by atoms with van der Waals surface area (Å²) in [6.45, 7) is 4.24. The maximum Gasteiger partial charge on any atom is 0.508 e. The second kappa shape index (κ2) is 8.66.